The number of carbonyl (C=O) groups excluding carboxylic acids is 1. The Bertz CT molecular complexity index is 363. The highest BCUT2D eigenvalue weighted by Gasteiger charge is 2.27. The number of benzene rings is 1. The third kappa shape index (κ3) is 2.30. The molecule has 3 nitrogen and oxygen atoms in total. The number of hydrogen-bond acceptors (Lipinski definition) is 2. The van der Waals surface area contributed by atoms with Gasteiger partial charge in [0, 0.05) is 18.1 Å². The Morgan fingerprint density at radius 3 is 2.60 bits per heavy atom. The van der Waals surface area contributed by atoms with Crippen LogP contribution in [-0.4, -0.2) is 23.4 Å². The van der Waals surface area contributed by atoms with Gasteiger partial charge in [-0.2, -0.15) is 0 Å². The normalized spacial score (nSPS) is 21.1. The van der Waals surface area contributed by atoms with Gasteiger partial charge in [-0.25, -0.2) is 0 Å². The number of carbonyl (C=O) groups is 1. The average molecular weight is 225 g/mol. The van der Waals surface area contributed by atoms with Gasteiger partial charge in [0.2, 0.25) is 5.91 Å². The lowest BCUT2D eigenvalue weighted by atomic mass is 10.2. The Labute approximate surface area is 93.8 Å². The summed E-state index contributed by atoms with van der Waals surface area (Å²) >= 11 is 5.78. The van der Waals surface area contributed by atoms with Gasteiger partial charge in [-0.15, -0.1) is 0 Å². The van der Waals surface area contributed by atoms with E-state index in [0.29, 0.717) is 11.6 Å². The van der Waals surface area contributed by atoms with Crippen molar-refractivity contribution in [1.82, 2.24) is 4.90 Å². The third-order valence-electron chi connectivity index (χ3n) is 2.63. The van der Waals surface area contributed by atoms with Crippen LogP contribution in [0.1, 0.15) is 12.0 Å². The Hall–Kier alpha value is -1.06. The summed E-state index contributed by atoms with van der Waals surface area (Å²) in [7, 11) is 0. The zero-order chi connectivity index (χ0) is 10.8. The smallest absolute Gasteiger partial charge is 0.239 e. The van der Waals surface area contributed by atoms with Crippen molar-refractivity contribution in [2.75, 3.05) is 6.54 Å². The number of rotatable bonds is 2. The van der Waals surface area contributed by atoms with Gasteiger partial charge in [-0.1, -0.05) is 23.7 Å². The molecule has 0 aromatic heterocycles. The van der Waals surface area contributed by atoms with E-state index in [9.17, 15) is 4.79 Å². The number of hydrogen-bond donors (Lipinski definition) is 1. The molecule has 1 amide bonds. The highest BCUT2D eigenvalue weighted by molar-refractivity contribution is 6.30. The van der Waals surface area contributed by atoms with E-state index in [2.05, 4.69) is 0 Å². The quantitative estimate of drug-likeness (QED) is 0.826. The number of nitrogens with zero attached hydrogens (tertiary/aromatic N) is 1. The van der Waals surface area contributed by atoms with Crippen LogP contribution in [0.4, 0.5) is 0 Å². The number of nitrogens with two attached hydrogens (primary N) is 1. The molecule has 80 valence electrons. The zero-order valence-electron chi connectivity index (χ0n) is 8.32. The summed E-state index contributed by atoms with van der Waals surface area (Å²) in [5.41, 5.74) is 6.72. The van der Waals surface area contributed by atoms with Crippen molar-refractivity contribution in [2.24, 2.45) is 5.73 Å². The van der Waals surface area contributed by atoms with Gasteiger partial charge >= 0.3 is 0 Å². The summed E-state index contributed by atoms with van der Waals surface area (Å²) in [6.07, 6.45) is 0.756. The topological polar surface area (TPSA) is 46.3 Å². The highest BCUT2D eigenvalue weighted by Crippen LogP contribution is 2.15. The molecule has 0 aliphatic carbocycles. The summed E-state index contributed by atoms with van der Waals surface area (Å²) in [5.74, 6) is 0.0463. The molecule has 1 saturated heterocycles. The van der Waals surface area contributed by atoms with Crippen LogP contribution in [-0.2, 0) is 11.3 Å². The Balaban J connectivity index is 2.03. The first-order valence-electron chi connectivity index (χ1n) is 4.95. The Morgan fingerprint density at radius 2 is 2.07 bits per heavy atom. The summed E-state index contributed by atoms with van der Waals surface area (Å²) < 4.78 is 0. The predicted octanol–water partition coefficient (Wildman–Crippen LogP) is 1.40. The van der Waals surface area contributed by atoms with Crippen molar-refractivity contribution in [3.05, 3.63) is 34.9 Å². The van der Waals surface area contributed by atoms with Gasteiger partial charge in [-0.3, -0.25) is 4.79 Å². The molecule has 1 fully saturated rings. The first-order valence-corrected chi connectivity index (χ1v) is 5.33. The van der Waals surface area contributed by atoms with E-state index in [1.165, 1.54) is 0 Å². The fraction of sp³-hybridized carbons (Fsp3) is 0.364. The lowest BCUT2D eigenvalue weighted by Crippen LogP contribution is -2.33. The van der Waals surface area contributed by atoms with E-state index >= 15 is 0 Å². The molecule has 4 heteroatoms. The molecule has 0 bridgehead atoms. The molecule has 2 rings (SSSR count). The summed E-state index contributed by atoms with van der Waals surface area (Å²) in [5, 5.41) is 0.711. The first kappa shape index (κ1) is 10.5. The van der Waals surface area contributed by atoms with Crippen molar-refractivity contribution in [1.29, 1.82) is 0 Å². The first-order chi connectivity index (χ1) is 7.16. The summed E-state index contributed by atoms with van der Waals surface area (Å²) in [4.78, 5) is 13.3. The minimum atomic E-state index is -0.308. The van der Waals surface area contributed by atoms with Crippen LogP contribution in [0, 0.1) is 0 Å². The third-order valence-corrected chi connectivity index (χ3v) is 2.88. The van der Waals surface area contributed by atoms with Crippen LogP contribution in [0.2, 0.25) is 5.02 Å². The summed E-state index contributed by atoms with van der Waals surface area (Å²) in [6.45, 7) is 1.38. The molecule has 1 atom stereocenters. The van der Waals surface area contributed by atoms with E-state index < -0.39 is 0 Å². The fourth-order valence-electron chi connectivity index (χ4n) is 1.73. The monoisotopic (exact) mass is 224 g/mol. The number of amides is 1. The molecule has 0 unspecified atom stereocenters. The van der Waals surface area contributed by atoms with Crippen molar-refractivity contribution in [3.8, 4) is 0 Å². The largest absolute Gasteiger partial charge is 0.337 e. The molecule has 1 aromatic rings. The fourth-order valence-corrected chi connectivity index (χ4v) is 1.86. The molecule has 0 spiro atoms. The SMILES string of the molecule is N[C@H]1CCN(Cc2ccc(Cl)cc2)C1=O. The molecule has 2 N–H and O–H groups in total. The lowest BCUT2D eigenvalue weighted by Gasteiger charge is -2.15. The van der Waals surface area contributed by atoms with Crippen LogP contribution in [0.15, 0.2) is 24.3 Å². The average Bonchev–Trinajstić information content (AvgIpc) is 2.53. The molecule has 1 heterocycles. The van der Waals surface area contributed by atoms with Crippen molar-refractivity contribution >= 4 is 17.5 Å². The Morgan fingerprint density at radius 1 is 1.40 bits per heavy atom. The van der Waals surface area contributed by atoms with E-state index in [-0.39, 0.29) is 11.9 Å². The van der Waals surface area contributed by atoms with Crippen LogP contribution < -0.4 is 5.73 Å². The maximum absolute atomic E-state index is 11.6. The second-order valence-electron chi connectivity index (χ2n) is 3.78. The molecule has 1 aliphatic rings. The zero-order valence-corrected chi connectivity index (χ0v) is 9.07. The van der Waals surface area contributed by atoms with Gasteiger partial charge < -0.3 is 10.6 Å². The van der Waals surface area contributed by atoms with Gasteiger partial charge in [0.15, 0.2) is 0 Å². The maximum Gasteiger partial charge on any atom is 0.239 e. The molecule has 1 aromatic carbocycles. The van der Waals surface area contributed by atoms with E-state index in [0.717, 1.165) is 18.5 Å². The standard InChI is InChI=1S/C11H13ClN2O/c12-9-3-1-8(2-4-9)7-14-6-5-10(13)11(14)15/h1-4,10H,5-7,13H2/t10-/m0/s1. The minimum absolute atomic E-state index is 0.0463. The Kier molecular flexibility index (Phi) is 2.93. The van der Waals surface area contributed by atoms with Gasteiger partial charge in [0.25, 0.3) is 0 Å². The van der Waals surface area contributed by atoms with E-state index in [4.69, 9.17) is 17.3 Å². The molecular formula is C11H13ClN2O. The molecule has 1 aliphatic heterocycles. The number of likely N-dealkylation sites (tertiary alicyclic amines) is 1. The second-order valence-corrected chi connectivity index (χ2v) is 4.22. The molecule has 15 heavy (non-hydrogen) atoms. The van der Waals surface area contributed by atoms with Crippen LogP contribution in [0.3, 0.4) is 0 Å². The lowest BCUT2D eigenvalue weighted by molar-refractivity contribution is -0.129. The molecule has 0 radical (unpaired) electrons. The van der Waals surface area contributed by atoms with Gasteiger partial charge in [0.05, 0.1) is 6.04 Å². The van der Waals surface area contributed by atoms with Crippen LogP contribution in [0.5, 0.6) is 0 Å². The minimum Gasteiger partial charge on any atom is -0.337 e. The highest BCUT2D eigenvalue weighted by atomic mass is 35.5. The van der Waals surface area contributed by atoms with Crippen molar-refractivity contribution in [2.45, 2.75) is 19.0 Å². The van der Waals surface area contributed by atoms with Gasteiger partial charge in [-0.05, 0) is 24.1 Å². The molecule has 0 saturated carbocycles. The second kappa shape index (κ2) is 4.21. The molecular weight excluding hydrogens is 212 g/mol. The van der Waals surface area contributed by atoms with E-state index in [1.54, 1.807) is 4.90 Å². The van der Waals surface area contributed by atoms with Crippen LogP contribution in [0.25, 0.3) is 0 Å². The van der Waals surface area contributed by atoms with Crippen LogP contribution >= 0.6 is 11.6 Å². The van der Waals surface area contributed by atoms with Gasteiger partial charge in [0.1, 0.15) is 0 Å². The predicted molar refractivity (Wildman–Crippen MR) is 59.5 cm³/mol. The van der Waals surface area contributed by atoms with E-state index in [1.807, 2.05) is 24.3 Å². The summed E-state index contributed by atoms with van der Waals surface area (Å²) in [6, 6.07) is 7.21. The number of halogens is 1. The van der Waals surface area contributed by atoms with Crippen molar-refractivity contribution < 1.29 is 4.79 Å². The van der Waals surface area contributed by atoms with Crippen molar-refractivity contribution in [3.63, 3.8) is 0 Å². The maximum atomic E-state index is 11.6.